The number of unbranched alkanes of at least 4 members (excludes halogenated alkanes) is 9. The first-order valence-corrected chi connectivity index (χ1v) is 12.4. The Balaban J connectivity index is 0.00000480. The number of rotatable bonds is 14. The van der Waals surface area contributed by atoms with Crippen LogP contribution >= 0.6 is 0 Å². The Morgan fingerprint density at radius 2 is 1.45 bits per heavy atom. The molecule has 166 valence electrons. The first-order valence-electron chi connectivity index (χ1n) is 11.0. The van der Waals surface area contributed by atoms with E-state index in [0.717, 1.165) is 24.5 Å². The predicted molar refractivity (Wildman–Crippen MR) is 118 cm³/mol. The van der Waals surface area contributed by atoms with Crippen LogP contribution in [-0.2, 0) is 16.5 Å². The molecule has 0 aliphatic carbocycles. The molecular formula is C24H33KO5S. The molecule has 0 saturated heterocycles. The Morgan fingerprint density at radius 1 is 0.871 bits per heavy atom. The van der Waals surface area contributed by atoms with Crippen LogP contribution in [0.15, 0.2) is 47.4 Å². The van der Waals surface area contributed by atoms with E-state index >= 15 is 0 Å². The molecule has 0 aliphatic heterocycles. The van der Waals surface area contributed by atoms with Gasteiger partial charge < -0.3 is 9.84 Å². The molecule has 0 aliphatic rings. The molecule has 0 aromatic heterocycles. The minimum absolute atomic E-state index is 0. The van der Waals surface area contributed by atoms with Crippen LogP contribution in [0.4, 0.5) is 0 Å². The molecular weight excluding hydrogens is 439 g/mol. The maximum atomic E-state index is 12.2. The number of ether oxygens (including phenoxy) is 1. The van der Waals surface area contributed by atoms with Crippen molar-refractivity contribution in [3.63, 3.8) is 0 Å². The average Bonchev–Trinajstić information content (AvgIpc) is 2.70. The van der Waals surface area contributed by atoms with Crippen molar-refractivity contribution in [1.29, 1.82) is 0 Å². The predicted octanol–water partition coefficient (Wildman–Crippen LogP) is 3.27. The Labute approximate surface area is 229 Å². The van der Waals surface area contributed by atoms with Crippen molar-refractivity contribution >= 4 is 10.1 Å². The molecule has 0 unspecified atom stereocenters. The second-order valence-corrected chi connectivity index (χ2v) is 9.13. The SMILES string of the molecule is CCCCCCCCCCCCc1cccc(Oc2cccc(S(=O)(=O)O)c2[O-])c1.[K+]. The largest absolute Gasteiger partial charge is 1.00 e. The summed E-state index contributed by atoms with van der Waals surface area (Å²) in [5, 5.41) is 12.2. The van der Waals surface area contributed by atoms with E-state index in [9.17, 15) is 13.5 Å². The Bertz CT molecular complexity index is 883. The third-order valence-corrected chi connectivity index (χ3v) is 6.04. The van der Waals surface area contributed by atoms with Crippen molar-refractivity contribution in [2.75, 3.05) is 0 Å². The number of para-hydroxylation sites is 1. The number of hydrogen-bond acceptors (Lipinski definition) is 4. The van der Waals surface area contributed by atoms with Gasteiger partial charge in [0.15, 0.2) is 0 Å². The first-order chi connectivity index (χ1) is 14.4. The third kappa shape index (κ3) is 10.8. The van der Waals surface area contributed by atoms with Crippen molar-refractivity contribution < 1.29 is 74.2 Å². The normalized spacial score (nSPS) is 11.2. The second-order valence-electron chi connectivity index (χ2n) is 7.74. The molecule has 0 atom stereocenters. The van der Waals surface area contributed by atoms with Crippen LogP contribution in [0.2, 0.25) is 0 Å². The van der Waals surface area contributed by atoms with Crippen molar-refractivity contribution in [3.8, 4) is 17.2 Å². The standard InChI is InChI=1S/C24H34O5S.K/c1-2-3-4-5-6-7-8-9-10-11-14-20-15-12-16-21(19-20)29-22-17-13-18-23(24(22)25)30(26,27)28;/h12-13,15-19,25H,2-11,14H2,1H3,(H,26,27,28);/q;+1/p-1. The number of benzene rings is 2. The summed E-state index contributed by atoms with van der Waals surface area (Å²) in [6, 6.07) is 11.3. The first kappa shape index (κ1) is 28.6. The Hall–Kier alpha value is -0.414. The molecule has 2 rings (SSSR count). The fraction of sp³-hybridized carbons (Fsp3) is 0.500. The van der Waals surface area contributed by atoms with Gasteiger partial charge in [-0.2, -0.15) is 8.42 Å². The van der Waals surface area contributed by atoms with E-state index in [2.05, 4.69) is 6.92 Å². The van der Waals surface area contributed by atoms with E-state index in [1.807, 2.05) is 18.2 Å². The third-order valence-electron chi connectivity index (χ3n) is 5.17. The van der Waals surface area contributed by atoms with Crippen molar-refractivity contribution in [3.05, 3.63) is 48.0 Å². The maximum absolute atomic E-state index is 12.2. The van der Waals surface area contributed by atoms with Gasteiger partial charge in [0.2, 0.25) is 0 Å². The summed E-state index contributed by atoms with van der Waals surface area (Å²) >= 11 is 0. The molecule has 0 saturated carbocycles. The fourth-order valence-corrected chi connectivity index (χ4v) is 4.07. The summed E-state index contributed by atoms with van der Waals surface area (Å²) in [5.74, 6) is -0.495. The molecule has 5 nitrogen and oxygen atoms in total. The van der Waals surface area contributed by atoms with E-state index in [1.165, 1.54) is 69.9 Å². The molecule has 0 bridgehead atoms. The summed E-state index contributed by atoms with van der Waals surface area (Å²) in [4.78, 5) is -0.679. The molecule has 0 radical (unpaired) electrons. The van der Waals surface area contributed by atoms with Crippen LogP contribution in [-0.4, -0.2) is 13.0 Å². The van der Waals surface area contributed by atoms with Gasteiger partial charge >= 0.3 is 51.4 Å². The van der Waals surface area contributed by atoms with Crippen LogP contribution in [0.25, 0.3) is 0 Å². The van der Waals surface area contributed by atoms with Crippen molar-refractivity contribution in [1.82, 2.24) is 0 Å². The molecule has 0 heterocycles. The maximum Gasteiger partial charge on any atom is 1.00 e. The van der Waals surface area contributed by atoms with E-state index in [1.54, 1.807) is 6.07 Å². The number of hydrogen-bond donors (Lipinski definition) is 1. The van der Waals surface area contributed by atoms with Gasteiger partial charge in [-0.1, -0.05) is 82.9 Å². The zero-order valence-corrected chi connectivity index (χ0v) is 22.7. The second kappa shape index (κ2) is 15.4. The van der Waals surface area contributed by atoms with Gasteiger partial charge in [-0.15, -0.1) is 0 Å². The minimum atomic E-state index is -4.58. The van der Waals surface area contributed by atoms with Crippen LogP contribution in [0, 0.1) is 0 Å². The average molecular weight is 473 g/mol. The summed E-state index contributed by atoms with van der Waals surface area (Å²) in [6.45, 7) is 2.24. The van der Waals surface area contributed by atoms with E-state index in [4.69, 9.17) is 9.29 Å². The zero-order valence-electron chi connectivity index (χ0n) is 18.8. The summed E-state index contributed by atoms with van der Waals surface area (Å²) in [7, 11) is -4.58. The van der Waals surface area contributed by atoms with Gasteiger partial charge in [-0.25, -0.2) is 0 Å². The summed E-state index contributed by atoms with van der Waals surface area (Å²) in [5.41, 5.74) is 1.12. The van der Waals surface area contributed by atoms with Crippen LogP contribution in [0.3, 0.4) is 0 Å². The van der Waals surface area contributed by atoms with Gasteiger partial charge in [0.25, 0.3) is 10.1 Å². The van der Waals surface area contributed by atoms with E-state index in [-0.39, 0.29) is 57.1 Å². The summed E-state index contributed by atoms with van der Waals surface area (Å²) < 4.78 is 37.3. The zero-order chi connectivity index (χ0) is 21.8. The van der Waals surface area contributed by atoms with E-state index in [0.29, 0.717) is 5.75 Å². The van der Waals surface area contributed by atoms with Crippen LogP contribution in [0.1, 0.15) is 76.7 Å². The molecule has 31 heavy (non-hydrogen) atoms. The van der Waals surface area contributed by atoms with Crippen molar-refractivity contribution in [2.45, 2.75) is 82.4 Å². The molecule has 0 amide bonds. The quantitative estimate of drug-likeness (QED) is 0.259. The van der Waals surface area contributed by atoms with Crippen LogP contribution < -0.4 is 61.2 Å². The minimum Gasteiger partial charge on any atom is -0.869 e. The van der Waals surface area contributed by atoms with Gasteiger partial charge in [-0.3, -0.25) is 4.55 Å². The summed E-state index contributed by atoms with van der Waals surface area (Å²) in [6.07, 6.45) is 13.8. The smallest absolute Gasteiger partial charge is 0.869 e. The molecule has 0 spiro atoms. The van der Waals surface area contributed by atoms with Gasteiger partial charge in [0.05, 0.1) is 4.90 Å². The number of aryl methyl sites for hydroxylation is 1. The van der Waals surface area contributed by atoms with E-state index < -0.39 is 20.8 Å². The fourth-order valence-electron chi connectivity index (χ4n) is 3.49. The topological polar surface area (TPSA) is 86.7 Å². The van der Waals surface area contributed by atoms with Gasteiger partial charge in [0, 0.05) is 0 Å². The Kier molecular flexibility index (Phi) is 14.2. The monoisotopic (exact) mass is 472 g/mol. The Morgan fingerprint density at radius 3 is 2.06 bits per heavy atom. The molecule has 7 heteroatoms. The molecule has 2 aromatic rings. The van der Waals surface area contributed by atoms with Gasteiger partial charge in [0.1, 0.15) is 11.5 Å². The molecule has 1 N–H and O–H groups in total. The van der Waals surface area contributed by atoms with Crippen LogP contribution in [0.5, 0.6) is 17.2 Å². The molecule has 0 fully saturated rings. The van der Waals surface area contributed by atoms with Crippen molar-refractivity contribution in [2.24, 2.45) is 0 Å². The molecule has 2 aromatic carbocycles. The van der Waals surface area contributed by atoms with Gasteiger partial charge in [-0.05, 0) is 48.4 Å².